The molecule has 2 aromatic rings. The van der Waals surface area contributed by atoms with Crippen LogP contribution >= 0.6 is 27.5 Å². The van der Waals surface area contributed by atoms with E-state index in [-0.39, 0.29) is 5.02 Å². The Morgan fingerprint density at radius 1 is 1.23 bits per heavy atom. The molecule has 0 saturated heterocycles. The minimum Gasteiger partial charge on any atom is -0.493 e. The lowest BCUT2D eigenvalue weighted by Crippen LogP contribution is -2.04. The molecular formula is C16H14BrClO4. The van der Waals surface area contributed by atoms with Crippen molar-refractivity contribution in [2.45, 2.75) is 6.61 Å². The molecule has 0 unspecified atom stereocenters. The summed E-state index contributed by atoms with van der Waals surface area (Å²) in [5, 5.41) is 0.287. The molecule has 0 aliphatic carbocycles. The second-order valence-corrected chi connectivity index (χ2v) is 5.72. The summed E-state index contributed by atoms with van der Waals surface area (Å²) < 4.78 is 16.6. The predicted octanol–water partition coefficient (Wildman–Crippen LogP) is 4.48. The van der Waals surface area contributed by atoms with Crippen LogP contribution in [0.4, 0.5) is 0 Å². The molecular weight excluding hydrogens is 372 g/mol. The Morgan fingerprint density at radius 2 is 2.00 bits per heavy atom. The van der Waals surface area contributed by atoms with E-state index in [2.05, 4.69) is 20.7 Å². The average Bonchev–Trinajstić information content (AvgIpc) is 2.52. The van der Waals surface area contributed by atoms with Crippen LogP contribution in [0, 0.1) is 0 Å². The molecule has 22 heavy (non-hydrogen) atoms. The van der Waals surface area contributed by atoms with E-state index in [1.54, 1.807) is 0 Å². The third-order valence-electron chi connectivity index (χ3n) is 2.92. The fourth-order valence-electron chi connectivity index (χ4n) is 1.88. The number of esters is 1. The van der Waals surface area contributed by atoms with E-state index in [4.69, 9.17) is 21.1 Å². The van der Waals surface area contributed by atoms with Crippen molar-refractivity contribution in [3.63, 3.8) is 0 Å². The lowest BCUT2D eigenvalue weighted by atomic mass is 10.2. The molecule has 116 valence electrons. The monoisotopic (exact) mass is 384 g/mol. The quantitative estimate of drug-likeness (QED) is 0.712. The van der Waals surface area contributed by atoms with Crippen LogP contribution in [0.3, 0.4) is 0 Å². The van der Waals surface area contributed by atoms with Crippen molar-refractivity contribution in [3.05, 3.63) is 57.0 Å². The molecule has 6 heteroatoms. The van der Waals surface area contributed by atoms with Crippen LogP contribution in [0.1, 0.15) is 15.9 Å². The number of benzene rings is 2. The Balaban J connectivity index is 2.25. The van der Waals surface area contributed by atoms with Gasteiger partial charge < -0.3 is 14.2 Å². The molecule has 0 amide bonds. The summed E-state index contributed by atoms with van der Waals surface area (Å²) in [6.45, 7) is 0.326. The normalized spacial score (nSPS) is 10.2. The summed E-state index contributed by atoms with van der Waals surface area (Å²) in [7, 11) is 2.79. The van der Waals surface area contributed by atoms with E-state index in [9.17, 15) is 4.79 Å². The molecule has 4 nitrogen and oxygen atoms in total. The van der Waals surface area contributed by atoms with Crippen molar-refractivity contribution in [2.24, 2.45) is 0 Å². The van der Waals surface area contributed by atoms with Crippen LogP contribution in [-0.4, -0.2) is 20.2 Å². The van der Waals surface area contributed by atoms with Crippen LogP contribution in [0.15, 0.2) is 40.9 Å². The Labute approximate surface area is 142 Å². The molecule has 0 bridgehead atoms. The fourth-order valence-corrected chi connectivity index (χ4v) is 2.59. The molecule has 0 N–H and O–H groups in total. The van der Waals surface area contributed by atoms with Gasteiger partial charge in [0.1, 0.15) is 6.61 Å². The molecule has 0 fully saturated rings. The van der Waals surface area contributed by atoms with Gasteiger partial charge in [-0.3, -0.25) is 0 Å². The molecule has 2 aromatic carbocycles. The van der Waals surface area contributed by atoms with Crippen molar-refractivity contribution in [3.8, 4) is 11.5 Å². The first-order valence-corrected chi connectivity index (χ1v) is 7.55. The van der Waals surface area contributed by atoms with Gasteiger partial charge in [0.2, 0.25) is 0 Å². The van der Waals surface area contributed by atoms with Crippen LogP contribution in [0.2, 0.25) is 5.02 Å². The molecule has 0 radical (unpaired) electrons. The number of ether oxygens (including phenoxy) is 3. The Kier molecular flexibility index (Phi) is 5.69. The van der Waals surface area contributed by atoms with Crippen LogP contribution in [0.5, 0.6) is 11.5 Å². The third kappa shape index (κ3) is 3.93. The van der Waals surface area contributed by atoms with E-state index in [1.807, 2.05) is 24.3 Å². The van der Waals surface area contributed by atoms with Crippen molar-refractivity contribution in [2.75, 3.05) is 14.2 Å². The van der Waals surface area contributed by atoms with Gasteiger partial charge in [-0.1, -0.05) is 39.7 Å². The lowest BCUT2D eigenvalue weighted by Gasteiger charge is -2.14. The molecule has 0 heterocycles. The first kappa shape index (κ1) is 16.6. The number of hydrogen-bond acceptors (Lipinski definition) is 4. The Morgan fingerprint density at radius 3 is 2.64 bits per heavy atom. The molecule has 0 saturated carbocycles. The highest BCUT2D eigenvalue weighted by molar-refractivity contribution is 9.10. The highest BCUT2D eigenvalue weighted by Crippen LogP contribution is 2.37. The lowest BCUT2D eigenvalue weighted by molar-refractivity contribution is 0.0600. The zero-order valence-corrected chi connectivity index (χ0v) is 14.4. The minimum atomic E-state index is -0.487. The number of carbonyl (C=O) groups excluding carboxylic acids is 1. The second kappa shape index (κ2) is 7.51. The zero-order valence-electron chi connectivity index (χ0n) is 12.1. The van der Waals surface area contributed by atoms with Gasteiger partial charge in [0.15, 0.2) is 11.5 Å². The van der Waals surface area contributed by atoms with Crippen molar-refractivity contribution in [1.82, 2.24) is 0 Å². The maximum atomic E-state index is 11.6. The molecule has 2 rings (SSSR count). The van der Waals surface area contributed by atoms with Gasteiger partial charge in [-0.2, -0.15) is 0 Å². The maximum Gasteiger partial charge on any atom is 0.338 e. The highest BCUT2D eigenvalue weighted by atomic mass is 79.9. The van der Waals surface area contributed by atoms with Crippen LogP contribution in [-0.2, 0) is 11.3 Å². The zero-order chi connectivity index (χ0) is 16.1. The molecule has 0 spiro atoms. The summed E-state index contributed by atoms with van der Waals surface area (Å²) >= 11 is 9.60. The van der Waals surface area contributed by atoms with Crippen LogP contribution < -0.4 is 9.47 Å². The van der Waals surface area contributed by atoms with Crippen LogP contribution in [0.25, 0.3) is 0 Å². The Bertz CT molecular complexity index is 688. The van der Waals surface area contributed by atoms with E-state index in [1.165, 1.54) is 26.4 Å². The summed E-state index contributed by atoms with van der Waals surface area (Å²) in [6.07, 6.45) is 0. The van der Waals surface area contributed by atoms with Gasteiger partial charge in [-0.25, -0.2) is 4.79 Å². The standard InChI is InChI=1S/C16H14BrClO4/c1-20-14-8-11(16(19)21-2)7-13(18)15(14)22-9-10-4-3-5-12(17)6-10/h3-8H,9H2,1-2H3. The minimum absolute atomic E-state index is 0.287. The average molecular weight is 386 g/mol. The highest BCUT2D eigenvalue weighted by Gasteiger charge is 2.16. The van der Waals surface area contributed by atoms with Gasteiger partial charge in [0.25, 0.3) is 0 Å². The van der Waals surface area contributed by atoms with Crippen molar-refractivity contribution >= 4 is 33.5 Å². The van der Waals surface area contributed by atoms with Gasteiger partial charge in [0, 0.05) is 4.47 Å². The number of halogens is 2. The van der Waals surface area contributed by atoms with E-state index < -0.39 is 5.97 Å². The fraction of sp³-hybridized carbons (Fsp3) is 0.188. The summed E-state index contributed by atoms with van der Waals surface area (Å²) in [4.78, 5) is 11.6. The number of rotatable bonds is 5. The molecule has 0 aromatic heterocycles. The number of methoxy groups -OCH3 is 2. The maximum absolute atomic E-state index is 11.6. The van der Waals surface area contributed by atoms with Gasteiger partial charge in [0.05, 0.1) is 24.8 Å². The van der Waals surface area contributed by atoms with E-state index >= 15 is 0 Å². The SMILES string of the molecule is COC(=O)c1cc(Cl)c(OCc2cccc(Br)c2)c(OC)c1. The van der Waals surface area contributed by atoms with Gasteiger partial charge in [-0.05, 0) is 29.8 Å². The predicted molar refractivity (Wildman–Crippen MR) is 87.8 cm³/mol. The summed E-state index contributed by atoms with van der Waals surface area (Å²) in [5.41, 5.74) is 1.28. The topological polar surface area (TPSA) is 44.8 Å². The number of carbonyl (C=O) groups is 1. The first-order valence-electron chi connectivity index (χ1n) is 6.38. The molecule has 0 aliphatic rings. The smallest absolute Gasteiger partial charge is 0.338 e. The largest absolute Gasteiger partial charge is 0.493 e. The first-order chi connectivity index (χ1) is 10.5. The van der Waals surface area contributed by atoms with Crippen molar-refractivity contribution < 1.29 is 19.0 Å². The molecule has 0 aliphatic heterocycles. The van der Waals surface area contributed by atoms with Gasteiger partial charge in [-0.15, -0.1) is 0 Å². The van der Waals surface area contributed by atoms with Crippen molar-refractivity contribution in [1.29, 1.82) is 0 Å². The van der Waals surface area contributed by atoms with E-state index in [0.29, 0.717) is 23.7 Å². The summed E-state index contributed by atoms with van der Waals surface area (Å²) in [6, 6.07) is 10.8. The second-order valence-electron chi connectivity index (χ2n) is 4.40. The van der Waals surface area contributed by atoms with E-state index in [0.717, 1.165) is 10.0 Å². The molecule has 0 atom stereocenters. The third-order valence-corrected chi connectivity index (χ3v) is 3.70. The Hall–Kier alpha value is -1.72. The summed E-state index contributed by atoms with van der Waals surface area (Å²) in [5.74, 6) is 0.276. The number of hydrogen-bond donors (Lipinski definition) is 0. The van der Waals surface area contributed by atoms with Gasteiger partial charge >= 0.3 is 5.97 Å².